The molecule has 0 radical (unpaired) electrons. The van der Waals surface area contributed by atoms with Gasteiger partial charge in [0.2, 0.25) is 17.7 Å². The van der Waals surface area contributed by atoms with Crippen molar-refractivity contribution in [3.8, 4) is 23.0 Å². The van der Waals surface area contributed by atoms with E-state index >= 15 is 4.79 Å². The van der Waals surface area contributed by atoms with Crippen molar-refractivity contribution in [1.82, 2.24) is 0 Å². The Bertz CT molecular complexity index is 2280. The number of ketones is 2. The van der Waals surface area contributed by atoms with Crippen molar-refractivity contribution in [3.63, 3.8) is 0 Å². The van der Waals surface area contributed by atoms with E-state index < -0.39 is 69.0 Å². The Morgan fingerprint density at radius 2 is 1.42 bits per heavy atom. The van der Waals surface area contributed by atoms with E-state index in [-0.39, 0.29) is 36.2 Å². The van der Waals surface area contributed by atoms with Gasteiger partial charge in [0.1, 0.15) is 35.2 Å². The lowest BCUT2D eigenvalue weighted by atomic mass is 9.81. The van der Waals surface area contributed by atoms with Crippen LogP contribution < -0.4 is 18.3 Å². The molecule has 5 aliphatic rings. The maximum Gasteiger partial charge on any atom is 0.471 e. The molecule has 1 aliphatic carbocycles. The maximum atomic E-state index is 15.6. The summed E-state index contributed by atoms with van der Waals surface area (Å²) in [5, 5.41) is -0.0774. The molecule has 62 heavy (non-hydrogen) atoms. The van der Waals surface area contributed by atoms with Crippen LogP contribution in [0.2, 0.25) is 28.2 Å². The second-order valence-corrected chi connectivity index (χ2v) is 30.4. The molecule has 4 heterocycles. The molecule has 3 aromatic rings. The predicted octanol–water partition coefficient (Wildman–Crippen LogP) is 9.34. The zero-order valence-corrected chi connectivity index (χ0v) is 41.2. The van der Waals surface area contributed by atoms with Crippen LogP contribution in [0.1, 0.15) is 114 Å². The van der Waals surface area contributed by atoms with Gasteiger partial charge in [0.25, 0.3) is 5.79 Å². The molecule has 0 N–H and O–H groups in total. The van der Waals surface area contributed by atoms with E-state index in [0.29, 0.717) is 44.7 Å². The fraction of sp³-hybridized carbons (Fsp3) is 0.617. The van der Waals surface area contributed by atoms with Crippen LogP contribution in [0.5, 0.6) is 23.0 Å². The van der Waals surface area contributed by atoms with Gasteiger partial charge >= 0.3 is 8.56 Å². The van der Waals surface area contributed by atoms with Gasteiger partial charge in [-0.05, 0) is 54.4 Å². The number of rotatable bonds is 11. The molecule has 4 aliphatic heterocycles. The average Bonchev–Trinajstić information content (AvgIpc) is 3.86. The Labute approximate surface area is 367 Å². The quantitative estimate of drug-likeness (QED) is 0.103. The molecular weight excluding hydrogens is 829 g/mol. The monoisotopic (exact) mass is 892 g/mol. The minimum Gasteiger partial charge on any atom is -0.510 e. The molecule has 0 amide bonds. The molecule has 15 heteroatoms. The highest BCUT2D eigenvalue weighted by atomic mass is 28.4. The highest BCUT2D eigenvalue weighted by molar-refractivity contribution is 6.75. The zero-order chi connectivity index (χ0) is 45.3. The average molecular weight is 893 g/mol. The molecule has 13 nitrogen and oxygen atoms in total. The maximum absolute atomic E-state index is 15.6. The second-order valence-electron chi connectivity index (χ2n) is 21.0. The van der Waals surface area contributed by atoms with Crippen molar-refractivity contribution >= 4 is 39.2 Å². The van der Waals surface area contributed by atoms with Crippen molar-refractivity contribution in [1.29, 1.82) is 0 Å². The van der Waals surface area contributed by atoms with Crippen LogP contribution in [-0.4, -0.2) is 93.4 Å². The van der Waals surface area contributed by atoms with Crippen LogP contribution in [0, 0.1) is 6.92 Å². The first-order valence-electron chi connectivity index (χ1n) is 21.5. The number of carbonyl (C=O) groups excluding carboxylic acids is 2. The number of methoxy groups -OCH3 is 4. The topological polar surface area (TPSA) is 139 Å². The van der Waals surface area contributed by atoms with Gasteiger partial charge < -0.3 is 51.2 Å². The molecule has 2 bridgehead atoms. The minimum absolute atomic E-state index is 0.117. The summed E-state index contributed by atoms with van der Waals surface area (Å²) in [5.74, 6) is -0.0244. The Morgan fingerprint density at radius 3 is 1.95 bits per heavy atom. The Kier molecular flexibility index (Phi) is 10.8. The third kappa shape index (κ3) is 6.38. The zero-order valence-electron chi connectivity index (χ0n) is 39.2. The second kappa shape index (κ2) is 14.8. The van der Waals surface area contributed by atoms with Gasteiger partial charge in [-0.25, -0.2) is 0 Å². The number of epoxide rings is 1. The fourth-order valence-electron chi connectivity index (χ4n) is 10.0. The van der Waals surface area contributed by atoms with Gasteiger partial charge in [0, 0.05) is 47.2 Å². The van der Waals surface area contributed by atoms with Crippen LogP contribution in [-0.2, 0) is 44.2 Å². The summed E-state index contributed by atoms with van der Waals surface area (Å²) in [6.45, 7) is 25.9. The first-order valence-corrected chi connectivity index (χ1v) is 26.2. The van der Waals surface area contributed by atoms with Crippen LogP contribution in [0.15, 0.2) is 30.3 Å². The van der Waals surface area contributed by atoms with Crippen molar-refractivity contribution in [2.75, 3.05) is 35.0 Å². The summed E-state index contributed by atoms with van der Waals surface area (Å²) < 4.78 is 71.7. The third-order valence-corrected chi connectivity index (χ3v) is 23.5. The Hall–Kier alpha value is -3.39. The lowest BCUT2D eigenvalue weighted by molar-refractivity contribution is -0.317. The highest BCUT2D eigenvalue weighted by Gasteiger charge is 2.84. The summed E-state index contributed by atoms with van der Waals surface area (Å²) >= 11 is 0. The van der Waals surface area contributed by atoms with Gasteiger partial charge in [0.05, 0.1) is 44.5 Å². The molecule has 1 spiro atoms. The van der Waals surface area contributed by atoms with Gasteiger partial charge in [-0.1, -0.05) is 74.4 Å². The molecule has 3 aromatic carbocycles. The minimum atomic E-state index is -3.58. The van der Waals surface area contributed by atoms with Gasteiger partial charge in [-0.3, -0.25) is 9.59 Å². The number of hydrogen-bond donors (Lipinski definition) is 0. The number of aryl methyl sites for hydroxylation is 1. The predicted molar refractivity (Wildman–Crippen MR) is 236 cm³/mol. The number of carbonyl (C=O) groups is 2. The number of fused-ring (bicyclic) bond motifs is 5. The van der Waals surface area contributed by atoms with Crippen molar-refractivity contribution < 1.29 is 60.8 Å². The van der Waals surface area contributed by atoms with E-state index in [1.54, 1.807) is 14.2 Å². The normalized spacial score (nSPS) is 27.8. The fourth-order valence-corrected chi connectivity index (χ4v) is 15.8. The number of Topliss-reactive ketones (excluding diaryl/α,β-unsaturated/α-hetero) is 2. The smallest absolute Gasteiger partial charge is 0.471 e. The van der Waals surface area contributed by atoms with Crippen LogP contribution in [0.25, 0.3) is 10.8 Å². The largest absolute Gasteiger partial charge is 0.510 e. The van der Waals surface area contributed by atoms with E-state index in [0.717, 1.165) is 16.9 Å². The molecule has 3 fully saturated rings. The lowest BCUT2D eigenvalue weighted by Crippen LogP contribution is -2.64. The van der Waals surface area contributed by atoms with Crippen molar-refractivity contribution in [3.05, 3.63) is 58.1 Å². The van der Waals surface area contributed by atoms with E-state index in [1.807, 2.05) is 37.3 Å². The number of ether oxygens (including phenoxy) is 8. The lowest BCUT2D eigenvalue weighted by Gasteiger charge is -2.52. The van der Waals surface area contributed by atoms with Crippen molar-refractivity contribution in [2.45, 2.75) is 153 Å². The van der Waals surface area contributed by atoms with Crippen LogP contribution in [0.3, 0.4) is 0 Å². The molecule has 6 atom stereocenters. The van der Waals surface area contributed by atoms with Gasteiger partial charge in [0.15, 0.2) is 20.2 Å². The van der Waals surface area contributed by atoms with Gasteiger partial charge in [-0.2, -0.15) is 0 Å². The molecule has 8 rings (SSSR count). The molecule has 3 saturated heterocycles. The first-order chi connectivity index (χ1) is 28.9. The first kappa shape index (κ1) is 45.2. The summed E-state index contributed by atoms with van der Waals surface area (Å²) in [7, 11) is 0.101. The summed E-state index contributed by atoms with van der Waals surface area (Å²) in [4.78, 5) is 30.0. The van der Waals surface area contributed by atoms with Crippen LogP contribution >= 0.6 is 0 Å². The number of benzene rings is 3. The van der Waals surface area contributed by atoms with E-state index in [4.69, 9.17) is 51.2 Å². The molecule has 338 valence electrons. The van der Waals surface area contributed by atoms with E-state index in [1.165, 1.54) is 14.2 Å². The molecule has 0 aromatic heterocycles. The molecular formula is C47H64O13Si2. The van der Waals surface area contributed by atoms with Crippen molar-refractivity contribution in [2.24, 2.45) is 0 Å². The van der Waals surface area contributed by atoms with E-state index in [9.17, 15) is 4.79 Å². The number of hydrogen-bond acceptors (Lipinski definition) is 13. The molecule has 0 unspecified atom stereocenters. The van der Waals surface area contributed by atoms with Crippen LogP contribution in [0.4, 0.5) is 0 Å². The van der Waals surface area contributed by atoms with Gasteiger partial charge in [-0.15, -0.1) is 0 Å². The highest BCUT2D eigenvalue weighted by Crippen LogP contribution is 2.66. The SMILES string of the molecule is COc1ccc(CO[C@H]2C[C@H](O[Si](C)(C)C(C)(C)C)C(=O)c3c2c(OC)c2cc(C)c([C@H]4O[C@@]5(C(OC)OC)O[C@@H]4C(=O)[C@@]54CO4)c4c2c3O[Si](C(C)(C)C)(C(C)(C)C)O4)cc1. The Balaban J connectivity index is 1.41. The Morgan fingerprint density at radius 1 is 0.823 bits per heavy atom. The third-order valence-electron chi connectivity index (χ3n) is 14.1. The summed E-state index contributed by atoms with van der Waals surface area (Å²) in [5.41, 5.74) is 1.93. The van der Waals surface area contributed by atoms with E-state index in [2.05, 4.69) is 75.4 Å². The summed E-state index contributed by atoms with van der Waals surface area (Å²) in [6, 6.07) is 9.74. The standard InChI is InChI=1S/C47H64O13Si2/c1-25-21-28-32-37(31(25)39-40-41(49)46(24-55-46)47(56-39,57-40)42(52-13)53-14)59-62(44(5,6)7,45(8,9)10)60-38(32)34-33(36(28)51-12)29(54-23-26-17-19-27(50-11)20-18-26)22-30(35(34)48)58-61(15,16)43(2,3)4/h17-21,29-30,39-40,42H,22-24H2,1-16H3/t29-,30-,39+,40-,46-,47-/m0/s1. The summed E-state index contributed by atoms with van der Waals surface area (Å²) in [6.07, 6.45) is -4.27. The molecule has 0 saturated carbocycles.